The fourth-order valence-corrected chi connectivity index (χ4v) is 11.6. The number of rotatable bonds is 34. The molecular weight excluding hydrogens is 1830 g/mol. The van der Waals surface area contributed by atoms with Crippen LogP contribution in [0.1, 0.15) is 25.7 Å². The maximum absolute atomic E-state index is 15.3. The van der Waals surface area contributed by atoms with Gasteiger partial charge in [0, 0.05) is 7.26 Å². The smallest absolute Gasteiger partial charge is 0.460 e. The second-order valence-electron chi connectivity index (χ2n) is 20.7. The molecule has 0 radical (unpaired) electrons. The van der Waals surface area contributed by atoms with E-state index < -0.39 is 236 Å². The summed E-state index contributed by atoms with van der Waals surface area (Å²) in [6.07, 6.45) is -76.0. The first-order chi connectivity index (χ1) is 43.3. The van der Waals surface area contributed by atoms with Crippen LogP contribution in [0, 0.1) is 0 Å². The van der Waals surface area contributed by atoms with Crippen LogP contribution in [-0.2, 0) is 0 Å². The van der Waals surface area contributed by atoms with Gasteiger partial charge in [-0.3, -0.25) is 0 Å². The molecule has 0 bridgehead atoms. The third-order valence-corrected chi connectivity index (χ3v) is 18.6. The zero-order valence-corrected chi connectivity index (χ0v) is 48.7. The summed E-state index contributed by atoms with van der Waals surface area (Å²) in [5, 5.41) is 0. The lowest BCUT2D eigenvalue weighted by atomic mass is 9.88. The van der Waals surface area contributed by atoms with Gasteiger partial charge in [-0.1, -0.05) is 0 Å². The summed E-state index contributed by atoms with van der Waals surface area (Å²) in [7, 11) is -8.68. The highest BCUT2D eigenvalue weighted by Gasteiger charge is 3.00. The maximum Gasteiger partial charge on any atom is 0.460 e. The van der Waals surface area contributed by atoms with Crippen molar-refractivity contribution in [3.63, 3.8) is 0 Å². The van der Waals surface area contributed by atoms with Gasteiger partial charge in [-0.05, 0) is 0 Å². The van der Waals surface area contributed by atoms with E-state index in [9.17, 15) is 246 Å². The molecule has 104 heavy (non-hydrogen) atoms. The maximum atomic E-state index is 15.3. The zero-order valence-electron chi connectivity index (χ0n) is 45.7. The molecule has 0 aliphatic heterocycles. The molecule has 0 unspecified atom stereocenters. The van der Waals surface area contributed by atoms with Crippen molar-refractivity contribution in [1.29, 1.82) is 0 Å². The lowest BCUT2D eigenvalue weighted by Gasteiger charge is -2.44. The molecule has 0 aliphatic carbocycles. The molecule has 0 amide bonds. The highest BCUT2D eigenvalue weighted by atomic mass is 127. The van der Waals surface area contributed by atoms with Crippen LogP contribution in [-0.4, -0.2) is 203 Å². The summed E-state index contributed by atoms with van der Waals surface area (Å²) in [5.41, 5.74) is 0. The Morgan fingerprint density at radius 3 is 0.279 bits per heavy atom. The molecule has 0 N–H and O–H groups in total. The minimum atomic E-state index is -10.1. The average Bonchev–Trinajstić information content (AvgIpc) is 0.706. The van der Waals surface area contributed by atoms with E-state index in [4.69, 9.17) is 0 Å². The highest BCUT2D eigenvalue weighted by Crippen LogP contribution is 2.73. The molecule has 0 aliphatic rings. The zero-order chi connectivity index (χ0) is 85.2. The van der Waals surface area contributed by atoms with Crippen LogP contribution in [0.4, 0.5) is 281 Å². The van der Waals surface area contributed by atoms with Crippen molar-refractivity contribution in [2.45, 2.75) is 204 Å². The third kappa shape index (κ3) is 14.1. The minimum absolute atomic E-state index is 0. The summed E-state index contributed by atoms with van der Waals surface area (Å²) in [6, 6.07) is 0. The van der Waals surface area contributed by atoms with E-state index in [0.29, 0.717) is 0 Å². The van der Waals surface area contributed by atoms with Crippen LogP contribution < -0.4 is 24.0 Å². The summed E-state index contributed by atoms with van der Waals surface area (Å²) in [6.45, 7) is 0. The van der Waals surface area contributed by atoms with E-state index in [0.717, 1.165) is 0 Å². The number of halogens is 65. The van der Waals surface area contributed by atoms with E-state index in [1.807, 2.05) is 0 Å². The molecule has 0 heterocycles. The van der Waals surface area contributed by atoms with Gasteiger partial charge in [0.1, 0.15) is 0 Å². The van der Waals surface area contributed by atoms with Gasteiger partial charge in [0.05, 0.1) is 50.3 Å². The van der Waals surface area contributed by atoms with Crippen molar-refractivity contribution in [3.8, 4) is 0 Å². The molecule has 0 aromatic carbocycles. The van der Waals surface area contributed by atoms with Gasteiger partial charge in [0.25, 0.3) is 0 Å². The monoisotopic (exact) mass is 1850 g/mol. The molecule has 66 heteroatoms. The topological polar surface area (TPSA) is 0 Å². The molecular formula is C38H16F64IP. The first-order valence-corrected chi connectivity index (χ1v) is 25.8. The van der Waals surface area contributed by atoms with Crippen molar-refractivity contribution >= 4 is 7.26 Å². The fraction of sp³-hybridized carbons (Fsp3) is 1.00. The fourth-order valence-electron chi connectivity index (χ4n) is 7.20. The third-order valence-electron chi connectivity index (χ3n) is 14.0. The molecule has 0 spiro atoms. The van der Waals surface area contributed by atoms with Gasteiger partial charge in [-0.15, -0.1) is 0 Å². The summed E-state index contributed by atoms with van der Waals surface area (Å²) in [5.74, 6) is -250. The Balaban J connectivity index is 0. The Kier molecular flexibility index (Phi) is 26.4. The van der Waals surface area contributed by atoms with E-state index in [1.165, 1.54) is 0 Å². The quantitative estimate of drug-likeness (QED) is 0.0342. The van der Waals surface area contributed by atoms with E-state index >= 15 is 35.1 Å². The molecule has 0 nitrogen and oxygen atoms in total. The average molecular weight is 1850 g/mol. The van der Waals surface area contributed by atoms with Gasteiger partial charge in [0.15, 0.2) is 0 Å². The second-order valence-corrected chi connectivity index (χ2v) is 25.2. The molecule has 0 saturated heterocycles. The van der Waals surface area contributed by atoms with E-state index in [-0.39, 0.29) is 24.0 Å². The van der Waals surface area contributed by atoms with Crippen LogP contribution in [0.3, 0.4) is 0 Å². The van der Waals surface area contributed by atoms with Gasteiger partial charge in [0.2, 0.25) is 0 Å². The summed E-state index contributed by atoms with van der Waals surface area (Å²) >= 11 is 0. The molecule has 0 saturated carbocycles. The highest BCUT2D eigenvalue weighted by molar-refractivity contribution is 7.75. The Hall–Kier alpha value is -3.32. The number of hydrogen-bond donors (Lipinski definition) is 0. The first kappa shape index (κ1) is 103. The molecule has 0 atom stereocenters. The lowest BCUT2D eigenvalue weighted by Crippen LogP contribution is -3.00. The van der Waals surface area contributed by atoms with E-state index in [1.54, 1.807) is 0 Å². The second kappa shape index (κ2) is 26.7. The minimum Gasteiger partial charge on any atom is -1.00 e. The Bertz CT molecular complexity index is 2670. The molecule has 0 aromatic rings. The van der Waals surface area contributed by atoms with Crippen LogP contribution in [0.15, 0.2) is 0 Å². The summed E-state index contributed by atoms with van der Waals surface area (Å²) in [4.78, 5) is 0. The largest absolute Gasteiger partial charge is 1.00 e. The Morgan fingerprint density at radius 1 is 0.115 bits per heavy atom. The van der Waals surface area contributed by atoms with Crippen LogP contribution in [0.25, 0.3) is 0 Å². The van der Waals surface area contributed by atoms with Crippen LogP contribution >= 0.6 is 7.26 Å². The van der Waals surface area contributed by atoms with Gasteiger partial charge in [-0.25, -0.2) is 0 Å². The molecule has 0 aromatic heterocycles. The van der Waals surface area contributed by atoms with Crippen molar-refractivity contribution in [3.05, 3.63) is 0 Å². The lowest BCUT2D eigenvalue weighted by molar-refractivity contribution is -0.461. The van der Waals surface area contributed by atoms with Crippen molar-refractivity contribution < 1.29 is 305 Å². The van der Waals surface area contributed by atoms with E-state index in [2.05, 4.69) is 0 Å². The number of hydrogen-bond acceptors (Lipinski definition) is 0. The normalized spacial score (nSPS) is 17.1. The predicted molar refractivity (Wildman–Crippen MR) is 198 cm³/mol. The Labute approximate surface area is 541 Å². The molecule has 0 fully saturated rings. The van der Waals surface area contributed by atoms with Gasteiger partial charge in [-0.2, -0.15) is 281 Å². The molecule has 0 rings (SSSR count). The predicted octanol–water partition coefficient (Wildman–Crippen LogP) is 20.3. The Morgan fingerprint density at radius 2 is 0.192 bits per heavy atom. The summed E-state index contributed by atoms with van der Waals surface area (Å²) < 4.78 is 898. The van der Waals surface area contributed by atoms with Crippen molar-refractivity contribution in [2.24, 2.45) is 0 Å². The van der Waals surface area contributed by atoms with Crippen molar-refractivity contribution in [1.82, 2.24) is 0 Å². The standard InChI is InChI=1S/C38H16F64P.HI/c39-9(40,13(47,48)17(55,56)21(63,64)24(69,70)28(77,78)32(85,86)36(94,95)96)1-5-103(8-4-12(45,46)16(53,54)20(61,62)27(75,76)31(83,84)35(91,92)93,6-2-10(41,42)14(49,50)18(57,58)22(65,66)25(71,72)29(79,80)33(87,88)37(97,98)99)7-3-11(43,44)15(51,52)19(59,60)23(67,68)26(73,74)30(81,82)34(89,90)38(100,101)102;/h1-8H2;1H/q+1;/p-1. The number of alkyl halides is 64. The van der Waals surface area contributed by atoms with Gasteiger partial charge < -0.3 is 24.0 Å². The van der Waals surface area contributed by atoms with Crippen molar-refractivity contribution in [2.75, 3.05) is 24.6 Å². The van der Waals surface area contributed by atoms with Gasteiger partial charge >= 0.3 is 179 Å². The first-order valence-electron chi connectivity index (χ1n) is 23.3. The van der Waals surface area contributed by atoms with Crippen LogP contribution in [0.2, 0.25) is 0 Å². The SMILES string of the molecule is FC(F)(F)C(F)(F)C(F)(F)C(F)(F)C(F)(F)C(F)(F)CC[P+](CCC(F)(F)C(F)(F)C(F)(F)C(F)(F)C(F)(F)C(F)(F)C(F)(F)C(F)(F)F)(CCC(F)(F)C(F)(F)C(F)(F)C(F)(F)C(F)(F)C(F)(F)C(F)(F)C(F)(F)F)CCC(F)(F)C(F)(F)C(F)(F)C(F)(F)C(F)(F)C(F)(F)C(F)(F)C(F)(F)F.[I-]. The van der Waals surface area contributed by atoms with Crippen LogP contribution in [0.5, 0.6) is 0 Å². The molecule has 628 valence electrons.